The zero-order chi connectivity index (χ0) is 31.7. The molecule has 1 aliphatic carbocycles. The van der Waals surface area contributed by atoms with Gasteiger partial charge in [0.2, 0.25) is 0 Å². The summed E-state index contributed by atoms with van der Waals surface area (Å²) in [6.07, 6.45) is 1.49. The predicted molar refractivity (Wildman–Crippen MR) is 172 cm³/mol. The Balaban J connectivity index is 1.69. The molecule has 0 saturated carbocycles. The molecule has 0 heterocycles. The third kappa shape index (κ3) is 6.60. The summed E-state index contributed by atoms with van der Waals surface area (Å²) in [5.74, 6) is 0.718. The first-order valence-corrected chi connectivity index (χ1v) is 14.9. The fourth-order valence-electron chi connectivity index (χ4n) is 6.21. The summed E-state index contributed by atoms with van der Waals surface area (Å²) >= 11 is 0. The standard InChI is InChI=1S/C38H40O6/c1-21(2)38(42)44-8-7-43-37-32-15-25(6)16-33(37)20-31-14-24(5)12-29(36(31)41)18-27-10-22(3)9-26(34(27)39)17-28-11-23(4)13-30(19-32)35(28)40/h9-16,39-41H,1,7-8,17-20H2,2-6H3. The van der Waals surface area contributed by atoms with E-state index in [9.17, 15) is 20.1 Å². The summed E-state index contributed by atoms with van der Waals surface area (Å²) in [5, 5.41) is 34.5. The molecular weight excluding hydrogens is 552 g/mol. The number of esters is 1. The summed E-state index contributed by atoms with van der Waals surface area (Å²) in [7, 11) is 0. The van der Waals surface area contributed by atoms with Gasteiger partial charge in [-0.3, -0.25) is 0 Å². The summed E-state index contributed by atoms with van der Waals surface area (Å²) < 4.78 is 11.6. The van der Waals surface area contributed by atoms with Crippen LogP contribution in [0.25, 0.3) is 0 Å². The molecular formula is C38H40O6. The fourth-order valence-corrected chi connectivity index (χ4v) is 6.21. The fraction of sp³-hybridized carbons (Fsp3) is 0.289. The molecule has 0 spiro atoms. The zero-order valence-corrected chi connectivity index (χ0v) is 26.1. The van der Waals surface area contributed by atoms with Crippen LogP contribution in [0.4, 0.5) is 0 Å². The Morgan fingerprint density at radius 1 is 0.591 bits per heavy atom. The summed E-state index contributed by atoms with van der Waals surface area (Å²) in [6, 6.07) is 15.8. The SMILES string of the molecule is C=C(C)C(=O)OCCOc1c2cc(C)cc1Cc1cc(C)cc(c1O)Cc1cc(C)cc(c1O)Cc1cc(C)cc(c1O)C2. The van der Waals surface area contributed by atoms with Gasteiger partial charge < -0.3 is 24.8 Å². The van der Waals surface area contributed by atoms with Crippen molar-refractivity contribution >= 4 is 5.97 Å². The molecule has 0 unspecified atom stereocenters. The van der Waals surface area contributed by atoms with Crippen molar-refractivity contribution < 1.29 is 29.6 Å². The van der Waals surface area contributed by atoms with Gasteiger partial charge in [0.25, 0.3) is 0 Å². The number of rotatable bonds is 5. The van der Waals surface area contributed by atoms with Crippen molar-refractivity contribution in [1.29, 1.82) is 0 Å². The molecule has 0 radical (unpaired) electrons. The van der Waals surface area contributed by atoms with Gasteiger partial charge in [0.05, 0.1) is 0 Å². The molecule has 0 atom stereocenters. The number of hydrogen-bond donors (Lipinski definition) is 3. The maximum absolute atomic E-state index is 12.0. The van der Waals surface area contributed by atoms with Gasteiger partial charge in [-0.15, -0.1) is 0 Å². The van der Waals surface area contributed by atoms with Crippen molar-refractivity contribution in [2.75, 3.05) is 13.2 Å². The first kappa shape index (κ1) is 30.7. The Hall–Kier alpha value is -4.71. The molecule has 4 aromatic carbocycles. The minimum Gasteiger partial charge on any atom is -0.507 e. The van der Waals surface area contributed by atoms with Crippen molar-refractivity contribution in [1.82, 2.24) is 0 Å². The average Bonchev–Trinajstić information content (AvgIpc) is 2.94. The molecule has 3 N–H and O–H groups in total. The third-order valence-electron chi connectivity index (χ3n) is 8.06. The van der Waals surface area contributed by atoms with E-state index < -0.39 is 5.97 Å². The van der Waals surface area contributed by atoms with Gasteiger partial charge in [-0.2, -0.15) is 0 Å². The van der Waals surface area contributed by atoms with Crippen LogP contribution in [0.5, 0.6) is 23.0 Å². The maximum atomic E-state index is 12.0. The zero-order valence-electron chi connectivity index (χ0n) is 26.1. The van der Waals surface area contributed by atoms with Crippen molar-refractivity contribution in [3.8, 4) is 23.0 Å². The van der Waals surface area contributed by atoms with E-state index in [1.807, 2.05) is 76.2 Å². The number of ether oxygens (including phenoxy) is 2. The van der Waals surface area contributed by atoms with Crippen LogP contribution >= 0.6 is 0 Å². The van der Waals surface area contributed by atoms with Gasteiger partial charge in [-0.25, -0.2) is 4.79 Å². The van der Waals surface area contributed by atoms with Crippen molar-refractivity contribution in [2.24, 2.45) is 0 Å². The van der Waals surface area contributed by atoms with Gasteiger partial charge in [0.15, 0.2) is 0 Å². The number of hydrogen-bond acceptors (Lipinski definition) is 6. The van der Waals surface area contributed by atoms with Crippen LogP contribution in [0.3, 0.4) is 0 Å². The predicted octanol–water partition coefficient (Wildman–Crippen LogP) is 7.21. The molecule has 0 saturated heterocycles. The molecule has 1 aliphatic rings. The molecule has 0 aliphatic heterocycles. The number of carbonyl (C=O) groups excluding carboxylic acids is 1. The van der Waals surface area contributed by atoms with Gasteiger partial charge in [-0.1, -0.05) is 77.4 Å². The van der Waals surface area contributed by atoms with Gasteiger partial charge in [0, 0.05) is 31.3 Å². The highest BCUT2D eigenvalue weighted by Gasteiger charge is 2.21. The van der Waals surface area contributed by atoms with Crippen LogP contribution in [0, 0.1) is 27.7 Å². The Morgan fingerprint density at radius 2 is 0.886 bits per heavy atom. The van der Waals surface area contributed by atoms with Crippen molar-refractivity contribution in [2.45, 2.75) is 60.3 Å². The lowest BCUT2D eigenvalue weighted by Gasteiger charge is -2.21. The smallest absolute Gasteiger partial charge is 0.333 e. The molecule has 4 aromatic rings. The molecule has 44 heavy (non-hydrogen) atoms. The molecule has 0 aromatic heterocycles. The van der Waals surface area contributed by atoms with E-state index in [0.29, 0.717) is 37.0 Å². The number of fused-ring (bicyclic) bond motifs is 8. The number of phenolic OH excluding ortho intramolecular Hbond substituents is 3. The quantitative estimate of drug-likeness (QED) is 0.113. The van der Waals surface area contributed by atoms with E-state index in [1.54, 1.807) is 6.92 Å². The Bertz CT molecular complexity index is 1680. The number of phenols is 3. The van der Waals surface area contributed by atoms with E-state index in [0.717, 1.165) is 66.8 Å². The first-order chi connectivity index (χ1) is 20.9. The van der Waals surface area contributed by atoms with E-state index in [-0.39, 0.29) is 30.5 Å². The highest BCUT2D eigenvalue weighted by atomic mass is 16.6. The van der Waals surface area contributed by atoms with E-state index in [2.05, 4.69) is 6.58 Å². The molecule has 0 fully saturated rings. The lowest BCUT2D eigenvalue weighted by atomic mass is 9.89. The molecule has 0 amide bonds. The second-order valence-corrected chi connectivity index (χ2v) is 12.2. The summed E-state index contributed by atoms with van der Waals surface area (Å²) in [6.45, 7) is 13.4. The van der Waals surface area contributed by atoms with Crippen molar-refractivity contribution in [3.05, 3.63) is 127 Å². The van der Waals surface area contributed by atoms with Gasteiger partial charge in [0.1, 0.15) is 36.2 Å². The first-order valence-electron chi connectivity index (χ1n) is 14.9. The number of aryl methyl sites for hydroxylation is 4. The van der Waals surface area contributed by atoms with E-state index in [4.69, 9.17) is 9.47 Å². The number of benzene rings is 4. The Morgan fingerprint density at radius 3 is 1.20 bits per heavy atom. The Kier molecular flexibility index (Phi) is 8.73. The van der Waals surface area contributed by atoms with Crippen LogP contribution in [0.15, 0.2) is 60.7 Å². The maximum Gasteiger partial charge on any atom is 0.333 e. The van der Waals surface area contributed by atoms with Crippen LogP contribution in [-0.4, -0.2) is 34.5 Å². The van der Waals surface area contributed by atoms with Gasteiger partial charge in [-0.05, 0) is 79.1 Å². The second kappa shape index (κ2) is 12.5. The lowest BCUT2D eigenvalue weighted by Crippen LogP contribution is -2.14. The topological polar surface area (TPSA) is 96.2 Å². The third-order valence-corrected chi connectivity index (χ3v) is 8.06. The monoisotopic (exact) mass is 592 g/mol. The van der Waals surface area contributed by atoms with Crippen LogP contribution in [0.1, 0.15) is 73.7 Å². The van der Waals surface area contributed by atoms with Gasteiger partial charge >= 0.3 is 5.97 Å². The molecule has 8 bridgehead atoms. The highest BCUT2D eigenvalue weighted by Crippen LogP contribution is 2.39. The molecule has 5 rings (SSSR count). The van der Waals surface area contributed by atoms with Crippen LogP contribution in [0.2, 0.25) is 0 Å². The second-order valence-electron chi connectivity index (χ2n) is 12.2. The largest absolute Gasteiger partial charge is 0.507 e. The Labute approximate surface area is 259 Å². The van der Waals surface area contributed by atoms with E-state index >= 15 is 0 Å². The summed E-state index contributed by atoms with van der Waals surface area (Å²) in [5.41, 5.74) is 10.5. The molecule has 6 nitrogen and oxygen atoms in total. The highest BCUT2D eigenvalue weighted by molar-refractivity contribution is 5.86. The molecule has 6 heteroatoms. The minimum absolute atomic E-state index is 0.0544. The number of carbonyl (C=O) groups is 1. The van der Waals surface area contributed by atoms with Crippen molar-refractivity contribution in [3.63, 3.8) is 0 Å². The number of aromatic hydroxyl groups is 3. The summed E-state index contributed by atoms with van der Waals surface area (Å²) in [4.78, 5) is 12.0. The van der Waals surface area contributed by atoms with E-state index in [1.165, 1.54) is 0 Å². The normalized spacial score (nSPS) is 12.5. The minimum atomic E-state index is -0.472. The van der Waals surface area contributed by atoms with Crippen LogP contribution < -0.4 is 4.74 Å². The van der Waals surface area contributed by atoms with Crippen LogP contribution in [-0.2, 0) is 35.2 Å². The lowest BCUT2D eigenvalue weighted by molar-refractivity contribution is -0.139. The average molecular weight is 593 g/mol. The molecule has 228 valence electrons.